The van der Waals surface area contributed by atoms with Crippen molar-refractivity contribution in [1.29, 1.82) is 0 Å². The lowest BCUT2D eigenvalue weighted by Crippen LogP contribution is -2.19. The fourth-order valence-corrected chi connectivity index (χ4v) is 2.26. The summed E-state index contributed by atoms with van der Waals surface area (Å²) in [5.74, 6) is -0.406. The second-order valence-corrected chi connectivity index (χ2v) is 6.02. The fraction of sp³-hybridized carbons (Fsp3) is 0.333. The molecule has 0 unspecified atom stereocenters. The number of aryl methyl sites for hydroxylation is 2. The van der Waals surface area contributed by atoms with Crippen LogP contribution in [0, 0.1) is 6.92 Å². The van der Waals surface area contributed by atoms with E-state index < -0.39 is 5.78 Å². The van der Waals surface area contributed by atoms with Crippen molar-refractivity contribution in [2.75, 3.05) is 0 Å². The molecule has 0 bridgehead atoms. The Bertz CT molecular complexity index is 730. The third-order valence-corrected chi connectivity index (χ3v) is 3.18. The third kappa shape index (κ3) is 4.47. The van der Waals surface area contributed by atoms with Crippen LogP contribution >= 0.6 is 23.2 Å². The van der Waals surface area contributed by atoms with E-state index in [0.29, 0.717) is 16.8 Å². The Labute approximate surface area is 139 Å². The Hall–Kier alpha value is -1.56. The van der Waals surface area contributed by atoms with Gasteiger partial charge in [-0.2, -0.15) is 0 Å². The number of aromatic amines is 1. The van der Waals surface area contributed by atoms with Crippen LogP contribution in [0.2, 0.25) is 10.0 Å². The summed E-state index contributed by atoms with van der Waals surface area (Å²) in [6.07, 6.45) is 0. The molecule has 0 aliphatic rings. The summed E-state index contributed by atoms with van der Waals surface area (Å²) in [5.41, 5.74) is 5.62. The Morgan fingerprint density at radius 3 is 2.27 bits per heavy atom. The van der Waals surface area contributed by atoms with Gasteiger partial charge in [0.25, 0.3) is 5.56 Å². The van der Waals surface area contributed by atoms with Gasteiger partial charge in [-0.05, 0) is 31.2 Å². The number of carbonyl (C=O) groups is 1. The van der Waals surface area contributed by atoms with Crippen molar-refractivity contribution in [1.82, 2.24) is 9.78 Å². The standard InChI is InChI=1S/C12H10Cl2N2O2.C3H9N/c1-6-10(12(18)16(2)15-6)11(17)8-4-3-7(13)5-9(8)14;1-3(2)4/h3-5,15H,1-2H3;3H,4H2,1-2H3. The highest BCUT2D eigenvalue weighted by atomic mass is 35.5. The molecule has 0 aliphatic heterocycles. The predicted molar refractivity (Wildman–Crippen MR) is 90.0 cm³/mol. The van der Waals surface area contributed by atoms with Gasteiger partial charge in [-0.15, -0.1) is 0 Å². The molecule has 0 spiro atoms. The molecule has 3 N–H and O–H groups in total. The minimum absolute atomic E-state index is 0.0988. The van der Waals surface area contributed by atoms with E-state index in [4.69, 9.17) is 28.9 Å². The summed E-state index contributed by atoms with van der Waals surface area (Å²) < 4.78 is 1.26. The van der Waals surface area contributed by atoms with Gasteiger partial charge in [-0.25, -0.2) is 0 Å². The Balaban J connectivity index is 0.000000541. The van der Waals surface area contributed by atoms with Gasteiger partial charge in [0.05, 0.1) is 5.02 Å². The Morgan fingerprint density at radius 1 is 1.32 bits per heavy atom. The lowest BCUT2D eigenvalue weighted by atomic mass is 10.0. The number of H-pyrrole nitrogens is 1. The zero-order valence-electron chi connectivity index (χ0n) is 12.9. The molecule has 22 heavy (non-hydrogen) atoms. The van der Waals surface area contributed by atoms with Crippen LogP contribution in [0.1, 0.15) is 35.5 Å². The molecule has 7 heteroatoms. The number of nitrogens with one attached hydrogen (secondary N) is 1. The topological polar surface area (TPSA) is 80.9 Å². The molecule has 0 saturated heterocycles. The lowest BCUT2D eigenvalue weighted by molar-refractivity contribution is 0.103. The first kappa shape index (κ1) is 18.5. The molecular weight excluding hydrogens is 325 g/mol. The molecule has 1 aromatic heterocycles. The highest BCUT2D eigenvalue weighted by Gasteiger charge is 2.21. The van der Waals surface area contributed by atoms with Crippen molar-refractivity contribution in [3.05, 3.63) is 55.4 Å². The third-order valence-electron chi connectivity index (χ3n) is 2.63. The quantitative estimate of drug-likeness (QED) is 0.822. The monoisotopic (exact) mass is 343 g/mol. The first-order valence-corrected chi connectivity index (χ1v) is 7.41. The second-order valence-electron chi connectivity index (χ2n) is 5.17. The molecule has 120 valence electrons. The molecule has 2 aromatic rings. The first-order chi connectivity index (χ1) is 10.1. The van der Waals surface area contributed by atoms with Crippen molar-refractivity contribution >= 4 is 29.0 Å². The number of benzene rings is 1. The van der Waals surface area contributed by atoms with Gasteiger partial charge < -0.3 is 5.73 Å². The first-order valence-electron chi connectivity index (χ1n) is 6.66. The van der Waals surface area contributed by atoms with Crippen molar-refractivity contribution < 1.29 is 4.79 Å². The summed E-state index contributed by atoms with van der Waals surface area (Å²) >= 11 is 11.7. The van der Waals surface area contributed by atoms with Crippen molar-refractivity contribution in [3.8, 4) is 0 Å². The van der Waals surface area contributed by atoms with Crippen molar-refractivity contribution in [2.24, 2.45) is 12.8 Å². The molecule has 0 amide bonds. The smallest absolute Gasteiger partial charge is 0.277 e. The molecule has 0 fully saturated rings. The van der Waals surface area contributed by atoms with Crippen LogP contribution in [-0.2, 0) is 7.05 Å². The number of hydrogen-bond donors (Lipinski definition) is 2. The second kappa shape index (κ2) is 7.63. The maximum Gasteiger partial charge on any atom is 0.277 e. The molecule has 0 saturated carbocycles. The summed E-state index contributed by atoms with van der Waals surface area (Å²) in [7, 11) is 1.55. The maximum atomic E-state index is 12.3. The van der Waals surface area contributed by atoms with E-state index in [1.165, 1.54) is 16.8 Å². The normalized spacial score (nSPS) is 10.4. The number of rotatable bonds is 2. The van der Waals surface area contributed by atoms with E-state index in [2.05, 4.69) is 5.10 Å². The van der Waals surface area contributed by atoms with E-state index >= 15 is 0 Å². The number of nitrogens with zero attached hydrogens (tertiary/aromatic N) is 1. The molecule has 1 aromatic carbocycles. The predicted octanol–water partition coefficient (Wildman–Crippen LogP) is 2.91. The Morgan fingerprint density at radius 2 is 1.86 bits per heavy atom. The molecular formula is C15H19Cl2N3O2. The molecule has 0 radical (unpaired) electrons. The largest absolute Gasteiger partial charge is 0.328 e. The summed E-state index contributed by atoms with van der Waals surface area (Å²) in [4.78, 5) is 24.1. The van der Waals surface area contributed by atoms with Gasteiger partial charge in [-0.1, -0.05) is 37.0 Å². The number of aromatic nitrogens is 2. The number of carbonyl (C=O) groups excluding carboxylic acids is 1. The van der Waals surface area contributed by atoms with Crippen LogP contribution in [0.15, 0.2) is 23.0 Å². The van der Waals surface area contributed by atoms with E-state index in [9.17, 15) is 9.59 Å². The number of halogens is 2. The molecule has 1 heterocycles. The van der Waals surface area contributed by atoms with Crippen molar-refractivity contribution in [2.45, 2.75) is 26.8 Å². The highest BCUT2D eigenvalue weighted by Crippen LogP contribution is 2.23. The van der Waals surface area contributed by atoms with Gasteiger partial charge >= 0.3 is 0 Å². The minimum atomic E-state index is -0.406. The van der Waals surface area contributed by atoms with E-state index in [1.807, 2.05) is 13.8 Å². The lowest BCUT2D eigenvalue weighted by Gasteiger charge is -2.02. The van der Waals surface area contributed by atoms with Crippen LogP contribution in [0.25, 0.3) is 0 Å². The molecule has 0 atom stereocenters. The number of ketones is 1. The molecule has 2 rings (SSSR count). The summed E-state index contributed by atoms with van der Waals surface area (Å²) in [5, 5.41) is 3.44. The highest BCUT2D eigenvalue weighted by molar-refractivity contribution is 6.37. The maximum absolute atomic E-state index is 12.3. The number of nitrogens with two attached hydrogens (primary N) is 1. The summed E-state index contributed by atoms with van der Waals surface area (Å²) in [6.45, 7) is 5.55. The average molecular weight is 344 g/mol. The Kier molecular flexibility index (Phi) is 6.41. The molecule has 5 nitrogen and oxygen atoms in total. The number of hydrogen-bond acceptors (Lipinski definition) is 3. The van der Waals surface area contributed by atoms with E-state index in [0.717, 1.165) is 0 Å². The van der Waals surface area contributed by atoms with Crippen LogP contribution in [0.4, 0.5) is 0 Å². The van der Waals surface area contributed by atoms with Crippen LogP contribution < -0.4 is 11.3 Å². The zero-order valence-corrected chi connectivity index (χ0v) is 14.4. The van der Waals surface area contributed by atoms with Gasteiger partial charge in [0.1, 0.15) is 5.56 Å². The van der Waals surface area contributed by atoms with Gasteiger partial charge in [0.15, 0.2) is 0 Å². The molecule has 0 aliphatic carbocycles. The van der Waals surface area contributed by atoms with Gasteiger partial charge in [0, 0.05) is 23.3 Å². The SMILES string of the molecule is CC(C)N.Cc1[nH]n(C)c(=O)c1C(=O)c1ccc(Cl)cc1Cl. The minimum Gasteiger partial charge on any atom is -0.328 e. The van der Waals surface area contributed by atoms with Crippen LogP contribution in [-0.4, -0.2) is 21.6 Å². The fourth-order valence-electron chi connectivity index (χ4n) is 1.76. The van der Waals surface area contributed by atoms with Crippen LogP contribution in [0.3, 0.4) is 0 Å². The van der Waals surface area contributed by atoms with Gasteiger partial charge in [-0.3, -0.25) is 19.4 Å². The van der Waals surface area contributed by atoms with Crippen molar-refractivity contribution in [3.63, 3.8) is 0 Å². The van der Waals surface area contributed by atoms with Gasteiger partial charge in [0.2, 0.25) is 5.78 Å². The van der Waals surface area contributed by atoms with E-state index in [-0.39, 0.29) is 21.7 Å². The zero-order chi connectivity index (χ0) is 17.0. The summed E-state index contributed by atoms with van der Waals surface area (Å²) in [6, 6.07) is 4.88. The van der Waals surface area contributed by atoms with E-state index in [1.54, 1.807) is 20.0 Å². The average Bonchev–Trinajstić information content (AvgIpc) is 2.62. The van der Waals surface area contributed by atoms with Crippen LogP contribution in [0.5, 0.6) is 0 Å².